The molecule has 0 saturated heterocycles. The van der Waals surface area contributed by atoms with Crippen molar-refractivity contribution in [1.82, 2.24) is 19.7 Å². The first-order chi connectivity index (χ1) is 14.9. The number of benzene rings is 1. The van der Waals surface area contributed by atoms with Crippen LogP contribution >= 0.6 is 24.2 Å². The number of nitrogens with zero attached hydrogens (tertiary/aromatic N) is 4. The molecular weight excluding hydrogens is 426 g/mol. The molecule has 1 N–H and O–H groups in total. The molecule has 0 radical (unpaired) electrons. The molecule has 0 unspecified atom stereocenters. The van der Waals surface area contributed by atoms with E-state index in [2.05, 4.69) is 56.7 Å². The molecule has 0 fully saturated rings. The number of pyridine rings is 1. The number of fused-ring (bicyclic) bond motifs is 1. The zero-order chi connectivity index (χ0) is 22.0. The molecule has 1 aliphatic heterocycles. The van der Waals surface area contributed by atoms with Crippen LogP contribution in [-0.4, -0.2) is 32.8 Å². The first-order valence-corrected chi connectivity index (χ1v) is 11.4. The van der Waals surface area contributed by atoms with Crippen LogP contribution in [0.25, 0.3) is 11.1 Å². The van der Waals surface area contributed by atoms with Gasteiger partial charge in [-0.15, -0.1) is 12.6 Å². The molecule has 1 aromatic carbocycles. The van der Waals surface area contributed by atoms with Gasteiger partial charge in [-0.1, -0.05) is 30.7 Å². The minimum atomic E-state index is 0.705. The van der Waals surface area contributed by atoms with Gasteiger partial charge < -0.3 is 5.32 Å². The van der Waals surface area contributed by atoms with E-state index in [1.807, 2.05) is 44.3 Å². The van der Waals surface area contributed by atoms with Gasteiger partial charge in [0.2, 0.25) is 0 Å². The predicted octanol–water partition coefficient (Wildman–Crippen LogP) is 5.73. The first kappa shape index (κ1) is 21.9. The maximum Gasteiger partial charge on any atom is 0.0610 e. The van der Waals surface area contributed by atoms with Crippen molar-refractivity contribution in [2.75, 3.05) is 18.4 Å². The fourth-order valence-electron chi connectivity index (χ4n) is 4.01. The third-order valence-electron chi connectivity index (χ3n) is 5.56. The Morgan fingerprint density at radius 1 is 1.19 bits per heavy atom. The highest BCUT2D eigenvalue weighted by molar-refractivity contribution is 7.80. The number of hydrogen-bond donors (Lipinski definition) is 2. The highest BCUT2D eigenvalue weighted by Crippen LogP contribution is 2.33. The average molecular weight is 454 g/mol. The summed E-state index contributed by atoms with van der Waals surface area (Å²) in [6.45, 7) is 9.71. The van der Waals surface area contributed by atoms with Gasteiger partial charge >= 0.3 is 0 Å². The first-order valence-electron chi connectivity index (χ1n) is 10.6. The van der Waals surface area contributed by atoms with E-state index in [4.69, 9.17) is 11.6 Å². The van der Waals surface area contributed by atoms with Crippen LogP contribution in [-0.2, 0) is 13.1 Å². The fraction of sp³-hybridized carbons (Fsp3) is 0.333. The molecule has 0 aliphatic carbocycles. The van der Waals surface area contributed by atoms with Gasteiger partial charge in [-0.25, -0.2) is 0 Å². The van der Waals surface area contributed by atoms with Crippen molar-refractivity contribution in [2.24, 2.45) is 0 Å². The maximum atomic E-state index is 6.52. The summed E-state index contributed by atoms with van der Waals surface area (Å²) in [5.74, 6) is 0. The van der Waals surface area contributed by atoms with Crippen LogP contribution in [0, 0.1) is 13.8 Å². The minimum absolute atomic E-state index is 0.705. The SMILES string of the molecule is CC/C=C(\CN1CCn2ncc(-c3ccc(S)cc3Cl)c2C1)Nc1ccc(C)nc1C. The van der Waals surface area contributed by atoms with Crippen molar-refractivity contribution in [1.29, 1.82) is 0 Å². The van der Waals surface area contributed by atoms with Crippen LogP contribution in [0.3, 0.4) is 0 Å². The van der Waals surface area contributed by atoms with Crippen molar-refractivity contribution in [2.45, 2.75) is 45.2 Å². The molecule has 31 heavy (non-hydrogen) atoms. The highest BCUT2D eigenvalue weighted by atomic mass is 35.5. The Kier molecular flexibility index (Phi) is 6.70. The van der Waals surface area contributed by atoms with Crippen molar-refractivity contribution in [3.8, 4) is 11.1 Å². The molecule has 0 bridgehead atoms. The lowest BCUT2D eigenvalue weighted by molar-refractivity contribution is 0.231. The second-order valence-corrected chi connectivity index (χ2v) is 8.87. The van der Waals surface area contributed by atoms with E-state index in [1.54, 1.807) is 0 Å². The lowest BCUT2D eigenvalue weighted by atomic mass is 10.1. The normalized spacial score (nSPS) is 14.5. The third-order valence-corrected chi connectivity index (χ3v) is 6.15. The Morgan fingerprint density at radius 3 is 2.77 bits per heavy atom. The summed E-state index contributed by atoms with van der Waals surface area (Å²) in [5, 5.41) is 8.92. The van der Waals surface area contributed by atoms with E-state index < -0.39 is 0 Å². The number of hydrogen-bond acceptors (Lipinski definition) is 5. The van der Waals surface area contributed by atoms with Crippen LogP contribution in [0.1, 0.15) is 30.4 Å². The van der Waals surface area contributed by atoms with Gasteiger partial charge in [-0.2, -0.15) is 5.10 Å². The summed E-state index contributed by atoms with van der Waals surface area (Å²) in [7, 11) is 0. The van der Waals surface area contributed by atoms with Crippen LogP contribution in [0.2, 0.25) is 5.02 Å². The molecule has 7 heteroatoms. The second kappa shape index (κ2) is 9.47. The summed E-state index contributed by atoms with van der Waals surface area (Å²) in [6, 6.07) is 10.0. The molecule has 0 spiro atoms. The number of rotatable bonds is 6. The Hall–Kier alpha value is -2.28. The van der Waals surface area contributed by atoms with E-state index in [0.717, 1.165) is 65.7 Å². The van der Waals surface area contributed by atoms with E-state index in [9.17, 15) is 0 Å². The van der Waals surface area contributed by atoms with Gasteiger partial charge in [0, 0.05) is 52.1 Å². The highest BCUT2D eigenvalue weighted by Gasteiger charge is 2.23. The van der Waals surface area contributed by atoms with Crippen molar-refractivity contribution < 1.29 is 0 Å². The maximum absolute atomic E-state index is 6.52. The number of anilines is 1. The quantitative estimate of drug-likeness (QED) is 0.468. The molecule has 0 atom stereocenters. The molecule has 3 heterocycles. The van der Waals surface area contributed by atoms with E-state index >= 15 is 0 Å². The van der Waals surface area contributed by atoms with Crippen LogP contribution in [0.15, 0.2) is 53.2 Å². The summed E-state index contributed by atoms with van der Waals surface area (Å²) in [4.78, 5) is 7.89. The zero-order valence-electron chi connectivity index (χ0n) is 18.2. The van der Waals surface area contributed by atoms with Gasteiger partial charge in [0.1, 0.15) is 0 Å². The van der Waals surface area contributed by atoms with Crippen LogP contribution in [0.5, 0.6) is 0 Å². The van der Waals surface area contributed by atoms with Gasteiger partial charge in [0.25, 0.3) is 0 Å². The van der Waals surface area contributed by atoms with Crippen molar-refractivity contribution >= 4 is 29.9 Å². The standard InChI is InChI=1S/C24H28ClN5S/c1-4-5-18(28-23-9-6-16(2)27-17(23)3)14-29-10-11-30-24(15-29)21(13-26-30)20-8-7-19(31)12-22(20)25/h5-9,12-13,28,31H,4,10-11,14-15H2,1-3H3/b18-5+. The largest absolute Gasteiger partial charge is 0.357 e. The van der Waals surface area contributed by atoms with Gasteiger partial charge in [-0.05, 0) is 44.5 Å². The van der Waals surface area contributed by atoms with E-state index in [-0.39, 0.29) is 0 Å². The Labute approximate surface area is 194 Å². The van der Waals surface area contributed by atoms with Crippen molar-refractivity contribution in [3.63, 3.8) is 0 Å². The number of allylic oxidation sites excluding steroid dienone is 1. The number of halogens is 1. The summed E-state index contributed by atoms with van der Waals surface area (Å²) in [5.41, 5.74) is 7.61. The molecule has 4 rings (SSSR count). The van der Waals surface area contributed by atoms with Crippen LogP contribution in [0.4, 0.5) is 5.69 Å². The molecular formula is C24H28ClN5S. The summed E-state index contributed by atoms with van der Waals surface area (Å²) >= 11 is 10.9. The molecule has 0 amide bonds. The molecule has 2 aromatic heterocycles. The minimum Gasteiger partial charge on any atom is -0.357 e. The Balaban J connectivity index is 1.54. The molecule has 1 aliphatic rings. The summed E-state index contributed by atoms with van der Waals surface area (Å²) in [6.07, 6.45) is 5.17. The topological polar surface area (TPSA) is 46.0 Å². The van der Waals surface area contributed by atoms with Gasteiger partial charge in [0.05, 0.1) is 29.8 Å². The molecule has 3 aromatic rings. The van der Waals surface area contributed by atoms with Crippen molar-refractivity contribution in [3.05, 3.63) is 70.4 Å². The smallest absolute Gasteiger partial charge is 0.0610 e. The third kappa shape index (κ3) is 4.97. The number of thiol groups is 1. The summed E-state index contributed by atoms with van der Waals surface area (Å²) < 4.78 is 2.10. The lowest BCUT2D eigenvalue weighted by Gasteiger charge is -2.29. The number of aromatic nitrogens is 3. The lowest BCUT2D eigenvalue weighted by Crippen LogP contribution is -2.36. The molecule has 162 valence electrons. The Bertz CT molecular complexity index is 1120. The van der Waals surface area contributed by atoms with E-state index in [0.29, 0.717) is 5.02 Å². The van der Waals surface area contributed by atoms with Gasteiger partial charge in [-0.3, -0.25) is 14.6 Å². The second-order valence-electron chi connectivity index (χ2n) is 7.95. The number of aryl methyl sites for hydroxylation is 2. The van der Waals surface area contributed by atoms with Gasteiger partial charge in [0.15, 0.2) is 0 Å². The molecule has 0 saturated carbocycles. The number of nitrogens with one attached hydrogen (secondary N) is 1. The Morgan fingerprint density at radius 2 is 2.03 bits per heavy atom. The average Bonchev–Trinajstić information content (AvgIpc) is 3.13. The van der Waals surface area contributed by atoms with E-state index in [1.165, 1.54) is 11.4 Å². The van der Waals surface area contributed by atoms with Crippen LogP contribution < -0.4 is 5.32 Å². The monoisotopic (exact) mass is 453 g/mol. The molecule has 5 nitrogen and oxygen atoms in total. The predicted molar refractivity (Wildman–Crippen MR) is 131 cm³/mol. The fourth-order valence-corrected chi connectivity index (χ4v) is 4.58. The zero-order valence-corrected chi connectivity index (χ0v) is 19.8.